The standard InChI is InChI=1S/C25H30F2N4O2/c26-20-8-4-18(5-9-20)24(19-6-10-21(27)11-7-19)30-15-13-29(14-16-30)17-23(32)31-12-2-1-3-22(31)25(28)33/h4-11,22,24H,1-3,12-17H2,(H2,28,33). The minimum Gasteiger partial charge on any atom is -0.368 e. The molecule has 4 rings (SSSR count). The van der Waals surface area contributed by atoms with Crippen molar-refractivity contribution in [2.45, 2.75) is 31.3 Å². The van der Waals surface area contributed by atoms with Crippen molar-refractivity contribution in [3.8, 4) is 0 Å². The molecule has 0 aromatic heterocycles. The number of hydrogen-bond acceptors (Lipinski definition) is 4. The molecule has 1 atom stereocenters. The number of nitrogens with two attached hydrogens (primary N) is 1. The Kier molecular flexibility index (Phi) is 7.35. The van der Waals surface area contributed by atoms with E-state index in [0.29, 0.717) is 39.1 Å². The van der Waals surface area contributed by atoms with Gasteiger partial charge in [-0.25, -0.2) is 8.78 Å². The third kappa shape index (κ3) is 5.57. The van der Waals surface area contributed by atoms with Crippen molar-refractivity contribution in [3.05, 3.63) is 71.3 Å². The van der Waals surface area contributed by atoms with Gasteiger partial charge in [0.05, 0.1) is 12.6 Å². The molecule has 2 saturated heterocycles. The predicted molar refractivity (Wildman–Crippen MR) is 121 cm³/mol. The summed E-state index contributed by atoms with van der Waals surface area (Å²) in [7, 11) is 0. The first-order valence-corrected chi connectivity index (χ1v) is 11.5. The Bertz CT molecular complexity index is 914. The molecular formula is C25H30F2N4O2. The molecule has 33 heavy (non-hydrogen) atoms. The van der Waals surface area contributed by atoms with Crippen LogP contribution in [-0.2, 0) is 9.59 Å². The average Bonchev–Trinajstić information content (AvgIpc) is 2.82. The molecule has 2 aliphatic rings. The molecular weight excluding hydrogens is 426 g/mol. The molecule has 2 aromatic rings. The fraction of sp³-hybridized carbons (Fsp3) is 0.440. The minimum atomic E-state index is -0.506. The van der Waals surface area contributed by atoms with Crippen molar-refractivity contribution < 1.29 is 18.4 Å². The summed E-state index contributed by atoms with van der Waals surface area (Å²) in [5, 5.41) is 0. The molecule has 176 valence electrons. The van der Waals surface area contributed by atoms with Gasteiger partial charge >= 0.3 is 0 Å². The SMILES string of the molecule is NC(=O)C1CCCCN1C(=O)CN1CCN(C(c2ccc(F)cc2)c2ccc(F)cc2)CC1. The lowest BCUT2D eigenvalue weighted by Crippen LogP contribution is -2.55. The Labute approximate surface area is 192 Å². The zero-order valence-electron chi connectivity index (χ0n) is 18.6. The molecule has 0 aliphatic carbocycles. The highest BCUT2D eigenvalue weighted by Crippen LogP contribution is 2.30. The first-order chi connectivity index (χ1) is 15.9. The fourth-order valence-corrected chi connectivity index (χ4v) is 4.89. The molecule has 0 radical (unpaired) electrons. The van der Waals surface area contributed by atoms with E-state index in [2.05, 4.69) is 9.80 Å². The van der Waals surface area contributed by atoms with Crippen LogP contribution >= 0.6 is 0 Å². The van der Waals surface area contributed by atoms with Crippen LogP contribution in [0.25, 0.3) is 0 Å². The second-order valence-electron chi connectivity index (χ2n) is 8.82. The van der Waals surface area contributed by atoms with Gasteiger partial charge in [-0.1, -0.05) is 24.3 Å². The molecule has 1 unspecified atom stereocenters. The van der Waals surface area contributed by atoms with Gasteiger partial charge in [-0.3, -0.25) is 19.4 Å². The molecule has 2 heterocycles. The van der Waals surface area contributed by atoms with Crippen molar-refractivity contribution in [3.63, 3.8) is 0 Å². The van der Waals surface area contributed by atoms with E-state index in [1.165, 1.54) is 24.3 Å². The first-order valence-electron chi connectivity index (χ1n) is 11.5. The molecule has 2 aromatic carbocycles. The maximum absolute atomic E-state index is 13.5. The van der Waals surface area contributed by atoms with E-state index in [1.807, 2.05) is 0 Å². The maximum Gasteiger partial charge on any atom is 0.240 e. The largest absolute Gasteiger partial charge is 0.368 e. The van der Waals surface area contributed by atoms with E-state index in [9.17, 15) is 18.4 Å². The number of piperidine rings is 1. The first kappa shape index (κ1) is 23.3. The van der Waals surface area contributed by atoms with Crippen molar-refractivity contribution in [1.82, 2.24) is 14.7 Å². The van der Waals surface area contributed by atoms with Crippen LogP contribution in [0, 0.1) is 11.6 Å². The van der Waals surface area contributed by atoms with Crippen molar-refractivity contribution in [1.29, 1.82) is 0 Å². The third-order valence-corrected chi connectivity index (χ3v) is 6.65. The number of hydrogen-bond donors (Lipinski definition) is 1. The van der Waals surface area contributed by atoms with Crippen LogP contribution in [-0.4, -0.2) is 71.8 Å². The second kappa shape index (κ2) is 10.4. The van der Waals surface area contributed by atoms with E-state index in [4.69, 9.17) is 5.73 Å². The molecule has 2 aliphatic heterocycles. The Hall–Kier alpha value is -2.84. The number of rotatable bonds is 6. The third-order valence-electron chi connectivity index (χ3n) is 6.65. The van der Waals surface area contributed by atoms with E-state index in [1.54, 1.807) is 29.2 Å². The second-order valence-corrected chi connectivity index (χ2v) is 8.82. The van der Waals surface area contributed by atoms with Crippen LogP contribution in [0.1, 0.15) is 36.4 Å². The predicted octanol–water partition coefficient (Wildman–Crippen LogP) is 2.54. The van der Waals surface area contributed by atoms with Gasteiger partial charge in [-0.15, -0.1) is 0 Å². The van der Waals surface area contributed by atoms with Crippen LogP contribution < -0.4 is 5.73 Å². The van der Waals surface area contributed by atoms with Crippen molar-refractivity contribution in [2.24, 2.45) is 5.73 Å². The average molecular weight is 457 g/mol. The van der Waals surface area contributed by atoms with E-state index in [0.717, 1.165) is 24.0 Å². The fourth-order valence-electron chi connectivity index (χ4n) is 4.89. The molecule has 0 saturated carbocycles. The Morgan fingerprint density at radius 3 is 1.91 bits per heavy atom. The Morgan fingerprint density at radius 2 is 1.39 bits per heavy atom. The number of carbonyl (C=O) groups is 2. The highest BCUT2D eigenvalue weighted by Gasteiger charge is 2.33. The summed E-state index contributed by atoms with van der Waals surface area (Å²) >= 11 is 0. The summed E-state index contributed by atoms with van der Waals surface area (Å²) in [5.74, 6) is -1.09. The van der Waals surface area contributed by atoms with Gasteiger partial charge in [0.1, 0.15) is 17.7 Å². The van der Waals surface area contributed by atoms with Crippen molar-refractivity contribution >= 4 is 11.8 Å². The molecule has 2 fully saturated rings. The number of carbonyl (C=O) groups excluding carboxylic acids is 2. The summed E-state index contributed by atoms with van der Waals surface area (Å²) in [4.78, 5) is 30.7. The van der Waals surface area contributed by atoms with E-state index < -0.39 is 11.9 Å². The molecule has 2 amide bonds. The van der Waals surface area contributed by atoms with Gasteiger partial charge in [-0.05, 0) is 54.7 Å². The smallest absolute Gasteiger partial charge is 0.240 e. The van der Waals surface area contributed by atoms with Crippen LogP contribution in [0.3, 0.4) is 0 Å². The van der Waals surface area contributed by atoms with Gasteiger partial charge < -0.3 is 10.6 Å². The number of nitrogens with zero attached hydrogens (tertiary/aromatic N) is 3. The monoisotopic (exact) mass is 456 g/mol. The minimum absolute atomic E-state index is 0.0550. The lowest BCUT2D eigenvalue weighted by Gasteiger charge is -2.41. The quantitative estimate of drug-likeness (QED) is 0.725. The van der Waals surface area contributed by atoms with Gasteiger partial charge in [0, 0.05) is 32.7 Å². The zero-order chi connectivity index (χ0) is 23.4. The van der Waals surface area contributed by atoms with E-state index in [-0.39, 0.29) is 30.1 Å². The maximum atomic E-state index is 13.5. The highest BCUT2D eigenvalue weighted by atomic mass is 19.1. The number of likely N-dealkylation sites (tertiary alicyclic amines) is 1. The number of piperazine rings is 1. The lowest BCUT2D eigenvalue weighted by atomic mass is 9.96. The van der Waals surface area contributed by atoms with Crippen molar-refractivity contribution in [2.75, 3.05) is 39.3 Å². The van der Waals surface area contributed by atoms with Crippen LogP contribution in [0.15, 0.2) is 48.5 Å². The lowest BCUT2D eigenvalue weighted by molar-refractivity contribution is -0.142. The van der Waals surface area contributed by atoms with Gasteiger partial charge in [0.25, 0.3) is 0 Å². The van der Waals surface area contributed by atoms with E-state index >= 15 is 0 Å². The molecule has 0 spiro atoms. The van der Waals surface area contributed by atoms with Crippen LogP contribution in [0.4, 0.5) is 8.78 Å². The zero-order valence-corrected chi connectivity index (χ0v) is 18.6. The Balaban J connectivity index is 1.43. The number of benzene rings is 2. The van der Waals surface area contributed by atoms with Gasteiger partial charge in [0.2, 0.25) is 11.8 Å². The summed E-state index contributed by atoms with van der Waals surface area (Å²) in [6.45, 7) is 3.59. The van der Waals surface area contributed by atoms with Gasteiger partial charge in [-0.2, -0.15) is 0 Å². The molecule has 2 N–H and O–H groups in total. The summed E-state index contributed by atoms with van der Waals surface area (Å²) < 4.78 is 27.0. The topological polar surface area (TPSA) is 69.9 Å². The normalized spacial score (nSPS) is 20.2. The molecule has 6 nitrogen and oxygen atoms in total. The van der Waals surface area contributed by atoms with Gasteiger partial charge in [0.15, 0.2) is 0 Å². The molecule has 0 bridgehead atoms. The molecule has 8 heteroatoms. The number of halogens is 2. The summed E-state index contributed by atoms with van der Waals surface area (Å²) in [5.41, 5.74) is 7.38. The highest BCUT2D eigenvalue weighted by molar-refractivity contribution is 5.87. The van der Waals surface area contributed by atoms with Crippen LogP contribution in [0.5, 0.6) is 0 Å². The Morgan fingerprint density at radius 1 is 0.848 bits per heavy atom. The number of amides is 2. The van der Waals surface area contributed by atoms with Crippen LogP contribution in [0.2, 0.25) is 0 Å². The summed E-state index contributed by atoms with van der Waals surface area (Å²) in [6.07, 6.45) is 2.43. The number of primary amides is 1. The summed E-state index contributed by atoms with van der Waals surface area (Å²) in [6, 6.07) is 12.2.